The van der Waals surface area contributed by atoms with Gasteiger partial charge in [-0.05, 0) is 99.3 Å². The third-order valence-electron chi connectivity index (χ3n) is 10.3. The molecule has 4 aliphatic rings. The third-order valence-corrected chi connectivity index (χ3v) is 11.7. The summed E-state index contributed by atoms with van der Waals surface area (Å²) in [5.74, 6) is 2.85. The number of aromatic nitrogens is 1. The molecule has 3 aliphatic carbocycles. The molecule has 10 heteroatoms. The summed E-state index contributed by atoms with van der Waals surface area (Å²) in [4.78, 5) is 16.3. The van der Waals surface area contributed by atoms with Crippen molar-refractivity contribution in [2.75, 3.05) is 11.3 Å². The van der Waals surface area contributed by atoms with Gasteiger partial charge in [0.15, 0.2) is 5.82 Å². The fourth-order valence-corrected chi connectivity index (χ4v) is 8.40. The van der Waals surface area contributed by atoms with E-state index in [-0.39, 0.29) is 16.6 Å². The number of unbranched alkanes of at least 4 members (excludes halogenated alkanes) is 1. The van der Waals surface area contributed by atoms with Gasteiger partial charge in [0.2, 0.25) is 0 Å². The first-order chi connectivity index (χ1) is 22.2. The molecule has 0 radical (unpaired) electrons. The van der Waals surface area contributed by atoms with Crippen molar-refractivity contribution in [1.29, 1.82) is 0 Å². The van der Waals surface area contributed by atoms with Crippen molar-refractivity contribution in [1.82, 2.24) is 15.4 Å². The number of nitrogens with zero attached hydrogens (tertiary/aromatic N) is 2. The molecule has 1 aliphatic heterocycles. The number of allylic oxidation sites excluding steroid dienone is 1. The Labute approximate surface area is 271 Å². The van der Waals surface area contributed by atoms with Gasteiger partial charge in [-0.25, -0.2) is 8.42 Å². The Morgan fingerprint density at radius 2 is 1.89 bits per heavy atom. The summed E-state index contributed by atoms with van der Waals surface area (Å²) in [6.07, 6.45) is 10.5. The number of nitrogens with one attached hydrogen (secondary N) is 2. The number of anilines is 1. The number of hydrogen-bond acceptors (Lipinski definition) is 7. The topological polar surface area (TPSA) is 114 Å². The second-order valence-electron chi connectivity index (χ2n) is 13.8. The number of fused-ring (bicyclic) bond motifs is 1. The zero-order valence-electron chi connectivity index (χ0n) is 27.0. The number of hydrogen-bond donors (Lipinski definition) is 2. The number of ether oxygens (including phenoxy) is 1. The minimum absolute atomic E-state index is 0.148. The van der Waals surface area contributed by atoms with Gasteiger partial charge in [-0.3, -0.25) is 9.52 Å². The van der Waals surface area contributed by atoms with E-state index >= 15 is 0 Å². The molecule has 3 aromatic rings. The predicted molar refractivity (Wildman–Crippen MR) is 176 cm³/mol. The molecule has 2 unspecified atom stereocenters. The van der Waals surface area contributed by atoms with Crippen LogP contribution in [0.4, 0.5) is 5.82 Å². The highest BCUT2D eigenvalue weighted by molar-refractivity contribution is 7.92. The second-order valence-corrected chi connectivity index (χ2v) is 15.4. The molecule has 7 rings (SSSR count). The van der Waals surface area contributed by atoms with Crippen LogP contribution in [0.25, 0.3) is 11.1 Å². The second kappa shape index (κ2) is 12.2. The minimum atomic E-state index is -3.99. The number of rotatable bonds is 13. The molecule has 1 spiro atoms. The van der Waals surface area contributed by atoms with Gasteiger partial charge in [0, 0.05) is 29.6 Å². The fourth-order valence-electron chi connectivity index (χ4n) is 7.12. The van der Waals surface area contributed by atoms with Gasteiger partial charge in [-0.15, -0.1) is 0 Å². The van der Waals surface area contributed by atoms with Crippen molar-refractivity contribution in [3.8, 4) is 11.1 Å². The Balaban J connectivity index is 1.21. The zero-order valence-corrected chi connectivity index (χ0v) is 27.8. The van der Waals surface area contributed by atoms with Crippen molar-refractivity contribution >= 4 is 21.7 Å². The van der Waals surface area contributed by atoms with Gasteiger partial charge in [0.25, 0.3) is 15.9 Å². The average Bonchev–Trinajstić information content (AvgIpc) is 3.96. The lowest BCUT2D eigenvalue weighted by Crippen LogP contribution is -2.58. The average molecular weight is 645 g/mol. The number of carbonyl (C=O) groups is 1. The molecule has 46 heavy (non-hydrogen) atoms. The Bertz CT molecular complexity index is 1770. The van der Waals surface area contributed by atoms with Crippen molar-refractivity contribution in [3.63, 3.8) is 0 Å². The number of sulfonamides is 1. The molecule has 2 atom stereocenters. The maximum atomic E-state index is 14.2. The van der Waals surface area contributed by atoms with E-state index < -0.39 is 15.6 Å². The van der Waals surface area contributed by atoms with Gasteiger partial charge < -0.3 is 19.5 Å². The van der Waals surface area contributed by atoms with Crippen LogP contribution in [0.3, 0.4) is 0 Å². The van der Waals surface area contributed by atoms with Crippen LogP contribution in [0.1, 0.15) is 80.7 Å². The van der Waals surface area contributed by atoms with Gasteiger partial charge in [-0.1, -0.05) is 54.9 Å². The molecule has 0 bridgehead atoms. The van der Waals surface area contributed by atoms with Crippen molar-refractivity contribution in [2.24, 2.45) is 17.8 Å². The Hall–Kier alpha value is -3.63. The molecule has 2 heterocycles. The molecule has 244 valence electrons. The first-order valence-electron chi connectivity index (χ1n) is 16.7. The lowest BCUT2D eigenvalue weighted by molar-refractivity contribution is -0.138. The normalized spacial score (nSPS) is 23.8. The summed E-state index contributed by atoms with van der Waals surface area (Å²) >= 11 is 0. The van der Waals surface area contributed by atoms with E-state index in [4.69, 9.17) is 9.26 Å². The number of amides is 1. The van der Waals surface area contributed by atoms with Crippen LogP contribution in [-0.2, 0) is 32.7 Å². The molecule has 1 aromatic heterocycles. The Morgan fingerprint density at radius 3 is 2.61 bits per heavy atom. The SMILES string of the molecule is CCCCC1=CNC2(CC3CC3C2)C(=O)N1Cc1ccc(-c2ccccc2S(=O)(=O)Nc2noc(C)c2C)c(COCC2CC2)c1. The largest absolute Gasteiger partial charge is 0.376 e. The Morgan fingerprint density at radius 1 is 1.11 bits per heavy atom. The third kappa shape index (κ3) is 6.09. The summed E-state index contributed by atoms with van der Waals surface area (Å²) in [5.41, 5.74) is 4.45. The standard InChI is InChI=1S/C36H44N4O5S/c1-4-5-8-30-19-37-36(17-27-16-28(27)18-36)35(41)40(30)20-26-13-14-31(29(15-26)22-44-21-25-11-12-25)32-9-6-7-10-33(32)46(42,43)39-34-23(2)24(3)45-38-34/h6-7,9-10,13-15,19,25,27-28,37H,4-5,8,11-12,16-18,20-22H2,1-3H3,(H,38,39). The summed E-state index contributed by atoms with van der Waals surface area (Å²) < 4.78 is 41.5. The summed E-state index contributed by atoms with van der Waals surface area (Å²) in [5, 5.41) is 7.48. The molecule has 2 N–H and O–H groups in total. The lowest BCUT2D eigenvalue weighted by Gasteiger charge is -2.41. The molecule has 2 aromatic carbocycles. The van der Waals surface area contributed by atoms with Crippen molar-refractivity contribution in [2.45, 2.75) is 95.7 Å². The Kier molecular flexibility index (Phi) is 8.21. The van der Waals surface area contributed by atoms with E-state index in [1.807, 2.05) is 29.2 Å². The number of carbonyl (C=O) groups excluding carboxylic acids is 1. The number of benzene rings is 2. The van der Waals surface area contributed by atoms with E-state index in [9.17, 15) is 13.2 Å². The highest BCUT2D eigenvalue weighted by Gasteiger charge is 2.59. The monoisotopic (exact) mass is 644 g/mol. The van der Waals surface area contributed by atoms with Gasteiger partial charge in [0.1, 0.15) is 11.3 Å². The van der Waals surface area contributed by atoms with Crippen LogP contribution in [0.5, 0.6) is 0 Å². The highest BCUT2D eigenvalue weighted by Crippen LogP contribution is 2.57. The van der Waals surface area contributed by atoms with E-state index in [0.29, 0.717) is 54.4 Å². The molecule has 1 amide bonds. The molecule has 3 fully saturated rings. The van der Waals surface area contributed by atoms with E-state index in [1.165, 1.54) is 19.3 Å². The van der Waals surface area contributed by atoms with Gasteiger partial charge in [-0.2, -0.15) is 0 Å². The summed E-state index contributed by atoms with van der Waals surface area (Å²) in [7, 11) is -3.99. The fraction of sp³-hybridized carbons (Fsp3) is 0.500. The lowest BCUT2D eigenvalue weighted by atomic mass is 9.88. The van der Waals surface area contributed by atoms with Gasteiger partial charge >= 0.3 is 0 Å². The van der Waals surface area contributed by atoms with Crippen LogP contribution in [0.2, 0.25) is 0 Å². The van der Waals surface area contributed by atoms with Crippen LogP contribution in [-0.4, -0.2) is 36.5 Å². The smallest absolute Gasteiger partial charge is 0.263 e. The maximum absolute atomic E-state index is 14.2. The van der Waals surface area contributed by atoms with Crippen LogP contribution in [0.15, 0.2) is 63.8 Å². The first kappa shape index (κ1) is 31.0. The molecule has 3 saturated carbocycles. The number of aryl methyl sites for hydroxylation is 1. The van der Waals surface area contributed by atoms with Crippen molar-refractivity contribution in [3.05, 3.63) is 76.8 Å². The molecule has 0 saturated heterocycles. The minimum Gasteiger partial charge on any atom is -0.376 e. The van der Waals surface area contributed by atoms with Crippen LogP contribution < -0.4 is 10.0 Å². The van der Waals surface area contributed by atoms with E-state index in [0.717, 1.165) is 54.5 Å². The van der Waals surface area contributed by atoms with Crippen LogP contribution in [0, 0.1) is 31.6 Å². The molecular weight excluding hydrogens is 600 g/mol. The van der Waals surface area contributed by atoms with E-state index in [1.54, 1.807) is 26.0 Å². The van der Waals surface area contributed by atoms with Crippen molar-refractivity contribution < 1.29 is 22.5 Å². The summed E-state index contributed by atoms with van der Waals surface area (Å²) in [6.45, 7) is 7.19. The first-order valence-corrected chi connectivity index (χ1v) is 18.2. The maximum Gasteiger partial charge on any atom is 0.263 e. The predicted octanol–water partition coefficient (Wildman–Crippen LogP) is 6.82. The van der Waals surface area contributed by atoms with E-state index in [2.05, 4.69) is 34.4 Å². The zero-order chi connectivity index (χ0) is 32.1. The molecular formula is C36H44N4O5S. The van der Waals surface area contributed by atoms with Gasteiger partial charge in [0.05, 0.1) is 18.0 Å². The quantitative estimate of drug-likeness (QED) is 0.210. The molecule has 9 nitrogen and oxygen atoms in total. The highest BCUT2D eigenvalue weighted by atomic mass is 32.2. The summed E-state index contributed by atoms with van der Waals surface area (Å²) in [6, 6.07) is 13.1. The van der Waals surface area contributed by atoms with Crippen LogP contribution >= 0.6 is 0 Å².